The number of carboxylic acid groups (broad SMARTS) is 1. The Bertz CT molecular complexity index is 398. The molecule has 0 aliphatic carbocycles. The SMILES string of the molecule is CC(O)C(C)Sc1nccc(C(=O)O)c1F. The quantitative estimate of drug-likeness (QED) is 0.791. The molecule has 2 atom stereocenters. The maximum atomic E-state index is 13.6. The smallest absolute Gasteiger partial charge is 0.338 e. The molecule has 0 spiro atoms. The van der Waals surface area contributed by atoms with Crippen LogP contribution in [0.15, 0.2) is 17.3 Å². The summed E-state index contributed by atoms with van der Waals surface area (Å²) in [5.41, 5.74) is -0.407. The van der Waals surface area contributed by atoms with Gasteiger partial charge in [0.2, 0.25) is 0 Å². The molecule has 0 aromatic carbocycles. The number of carboxylic acids is 1. The first-order valence-corrected chi connectivity index (χ1v) is 5.54. The fourth-order valence-electron chi connectivity index (χ4n) is 0.946. The molecule has 0 radical (unpaired) electrons. The van der Waals surface area contributed by atoms with E-state index >= 15 is 0 Å². The molecule has 88 valence electrons. The van der Waals surface area contributed by atoms with Gasteiger partial charge in [0.15, 0.2) is 5.82 Å². The van der Waals surface area contributed by atoms with E-state index in [0.717, 1.165) is 17.8 Å². The van der Waals surface area contributed by atoms with Crippen molar-refractivity contribution in [3.05, 3.63) is 23.6 Å². The molecule has 0 bridgehead atoms. The van der Waals surface area contributed by atoms with Gasteiger partial charge in [-0.05, 0) is 13.0 Å². The third-order valence-electron chi connectivity index (χ3n) is 2.06. The topological polar surface area (TPSA) is 70.4 Å². The first-order chi connectivity index (χ1) is 7.43. The van der Waals surface area contributed by atoms with Crippen molar-refractivity contribution >= 4 is 17.7 Å². The van der Waals surface area contributed by atoms with Crippen LogP contribution in [-0.4, -0.2) is 32.5 Å². The highest BCUT2D eigenvalue weighted by Crippen LogP contribution is 2.27. The second-order valence-electron chi connectivity index (χ2n) is 3.35. The molecule has 1 aromatic heterocycles. The lowest BCUT2D eigenvalue weighted by molar-refractivity contribution is 0.0691. The van der Waals surface area contributed by atoms with Crippen molar-refractivity contribution in [2.75, 3.05) is 0 Å². The van der Waals surface area contributed by atoms with Gasteiger partial charge in [0.05, 0.1) is 11.7 Å². The van der Waals surface area contributed by atoms with Crippen LogP contribution in [0.5, 0.6) is 0 Å². The monoisotopic (exact) mass is 245 g/mol. The van der Waals surface area contributed by atoms with Crippen LogP contribution in [0.25, 0.3) is 0 Å². The molecule has 0 aliphatic heterocycles. The zero-order valence-electron chi connectivity index (χ0n) is 8.85. The third-order valence-corrected chi connectivity index (χ3v) is 3.34. The summed E-state index contributed by atoms with van der Waals surface area (Å²) >= 11 is 1.01. The van der Waals surface area contributed by atoms with Crippen molar-refractivity contribution < 1.29 is 19.4 Å². The lowest BCUT2D eigenvalue weighted by Crippen LogP contribution is -2.16. The Morgan fingerprint density at radius 3 is 2.69 bits per heavy atom. The Kier molecular flexibility index (Phi) is 4.26. The minimum absolute atomic E-state index is 0.00620. The number of thioether (sulfide) groups is 1. The lowest BCUT2D eigenvalue weighted by atomic mass is 10.3. The van der Waals surface area contributed by atoms with E-state index in [1.807, 2.05) is 0 Å². The second-order valence-corrected chi connectivity index (χ2v) is 4.71. The van der Waals surface area contributed by atoms with Crippen LogP contribution in [-0.2, 0) is 0 Å². The van der Waals surface area contributed by atoms with Gasteiger partial charge < -0.3 is 10.2 Å². The Morgan fingerprint density at radius 2 is 2.19 bits per heavy atom. The van der Waals surface area contributed by atoms with Crippen molar-refractivity contribution in [1.82, 2.24) is 4.98 Å². The number of halogens is 1. The molecule has 2 unspecified atom stereocenters. The molecule has 4 nitrogen and oxygen atoms in total. The van der Waals surface area contributed by atoms with Crippen molar-refractivity contribution in [3.8, 4) is 0 Å². The van der Waals surface area contributed by atoms with Crippen molar-refractivity contribution in [3.63, 3.8) is 0 Å². The van der Waals surface area contributed by atoms with Crippen LogP contribution < -0.4 is 0 Å². The van der Waals surface area contributed by atoms with E-state index in [1.165, 1.54) is 6.20 Å². The average Bonchev–Trinajstić information content (AvgIpc) is 2.20. The third kappa shape index (κ3) is 2.93. The number of hydrogen-bond donors (Lipinski definition) is 2. The van der Waals surface area contributed by atoms with Crippen LogP contribution >= 0.6 is 11.8 Å². The first-order valence-electron chi connectivity index (χ1n) is 4.66. The van der Waals surface area contributed by atoms with Crippen LogP contribution in [0, 0.1) is 5.82 Å². The molecule has 1 rings (SSSR count). The number of aliphatic hydroxyl groups is 1. The van der Waals surface area contributed by atoms with E-state index in [1.54, 1.807) is 13.8 Å². The number of nitrogens with zero attached hydrogens (tertiary/aromatic N) is 1. The van der Waals surface area contributed by atoms with Gasteiger partial charge in [-0.25, -0.2) is 14.2 Å². The fraction of sp³-hybridized carbons (Fsp3) is 0.400. The Balaban J connectivity index is 2.98. The maximum absolute atomic E-state index is 13.6. The molecule has 1 heterocycles. The van der Waals surface area contributed by atoms with E-state index in [9.17, 15) is 14.3 Å². The molecule has 16 heavy (non-hydrogen) atoms. The zero-order chi connectivity index (χ0) is 12.3. The van der Waals surface area contributed by atoms with Gasteiger partial charge in [0.1, 0.15) is 5.03 Å². The highest BCUT2D eigenvalue weighted by Gasteiger charge is 2.19. The second kappa shape index (κ2) is 5.27. The van der Waals surface area contributed by atoms with Gasteiger partial charge in [-0.3, -0.25) is 0 Å². The number of aromatic nitrogens is 1. The number of pyridine rings is 1. The van der Waals surface area contributed by atoms with E-state index in [4.69, 9.17) is 5.11 Å². The minimum Gasteiger partial charge on any atom is -0.478 e. The van der Waals surface area contributed by atoms with Gasteiger partial charge in [0, 0.05) is 11.4 Å². The van der Waals surface area contributed by atoms with Crippen LogP contribution in [0.4, 0.5) is 4.39 Å². The molecule has 6 heteroatoms. The average molecular weight is 245 g/mol. The Labute approximate surface area is 96.5 Å². The minimum atomic E-state index is -1.33. The molecular weight excluding hydrogens is 233 g/mol. The summed E-state index contributed by atoms with van der Waals surface area (Å²) in [6, 6.07) is 1.11. The first kappa shape index (κ1) is 12.9. The van der Waals surface area contributed by atoms with Gasteiger partial charge in [-0.1, -0.05) is 18.7 Å². The predicted molar refractivity (Wildman–Crippen MR) is 58.2 cm³/mol. The maximum Gasteiger partial charge on any atom is 0.338 e. The highest BCUT2D eigenvalue weighted by atomic mass is 32.2. The molecule has 0 saturated heterocycles. The normalized spacial score (nSPS) is 14.5. The molecule has 0 fully saturated rings. The summed E-state index contributed by atoms with van der Waals surface area (Å²) < 4.78 is 13.6. The number of aliphatic hydroxyl groups excluding tert-OH is 1. The number of hydrogen-bond acceptors (Lipinski definition) is 4. The molecule has 2 N–H and O–H groups in total. The largest absolute Gasteiger partial charge is 0.478 e. The van der Waals surface area contributed by atoms with Crippen LogP contribution in [0.3, 0.4) is 0 Å². The van der Waals surface area contributed by atoms with Crippen LogP contribution in [0.2, 0.25) is 0 Å². The van der Waals surface area contributed by atoms with Crippen LogP contribution in [0.1, 0.15) is 24.2 Å². The summed E-state index contributed by atoms with van der Waals surface area (Å²) in [6.07, 6.45) is 0.614. The van der Waals surface area contributed by atoms with Crippen molar-refractivity contribution in [1.29, 1.82) is 0 Å². The predicted octanol–water partition coefficient (Wildman–Crippen LogP) is 1.78. The summed E-state index contributed by atoms with van der Waals surface area (Å²) in [5.74, 6) is -2.18. The van der Waals surface area contributed by atoms with Gasteiger partial charge in [-0.15, -0.1) is 0 Å². The summed E-state index contributed by atoms with van der Waals surface area (Å²) in [7, 11) is 0. The Morgan fingerprint density at radius 1 is 1.56 bits per heavy atom. The summed E-state index contributed by atoms with van der Waals surface area (Å²) in [6.45, 7) is 3.29. The fourth-order valence-corrected chi connectivity index (χ4v) is 1.83. The van der Waals surface area contributed by atoms with E-state index in [-0.39, 0.29) is 10.3 Å². The van der Waals surface area contributed by atoms with E-state index in [0.29, 0.717) is 0 Å². The number of aromatic carboxylic acids is 1. The Hall–Kier alpha value is -1.14. The summed E-state index contributed by atoms with van der Waals surface area (Å²) in [4.78, 5) is 14.4. The number of carbonyl (C=O) groups is 1. The van der Waals surface area contributed by atoms with E-state index < -0.39 is 23.5 Å². The van der Waals surface area contributed by atoms with Gasteiger partial charge >= 0.3 is 5.97 Å². The zero-order valence-corrected chi connectivity index (χ0v) is 9.66. The van der Waals surface area contributed by atoms with Gasteiger partial charge in [-0.2, -0.15) is 0 Å². The molecule has 0 aliphatic rings. The van der Waals surface area contributed by atoms with Crippen molar-refractivity contribution in [2.24, 2.45) is 0 Å². The molecular formula is C10H12FNO3S. The lowest BCUT2D eigenvalue weighted by Gasteiger charge is -2.13. The standard InChI is InChI=1S/C10H12FNO3S/c1-5(13)6(2)16-9-8(11)7(10(14)15)3-4-12-9/h3-6,13H,1-2H3,(H,14,15). The highest BCUT2D eigenvalue weighted by molar-refractivity contribution is 7.99. The van der Waals surface area contributed by atoms with Crippen molar-refractivity contribution in [2.45, 2.75) is 30.2 Å². The van der Waals surface area contributed by atoms with Gasteiger partial charge in [0.25, 0.3) is 0 Å². The molecule has 1 aromatic rings. The summed E-state index contributed by atoms with van der Waals surface area (Å²) in [5, 5.41) is 17.7. The van der Waals surface area contributed by atoms with E-state index in [2.05, 4.69) is 4.98 Å². The number of rotatable bonds is 4. The molecule has 0 saturated carbocycles. The molecule has 0 amide bonds.